The fraction of sp³-hybridized carbons (Fsp3) is 0.115. The van der Waals surface area contributed by atoms with E-state index in [0.717, 1.165) is 10.5 Å². The van der Waals surface area contributed by atoms with Crippen molar-refractivity contribution in [2.24, 2.45) is 0 Å². The van der Waals surface area contributed by atoms with Gasteiger partial charge in [0.25, 0.3) is 11.8 Å². The van der Waals surface area contributed by atoms with Gasteiger partial charge in [0.15, 0.2) is 0 Å². The second kappa shape index (κ2) is 9.40. The molecule has 1 aliphatic rings. The molecule has 0 aliphatic carbocycles. The molecule has 0 aromatic heterocycles. The van der Waals surface area contributed by atoms with Crippen LogP contribution < -0.4 is 19.7 Å². The van der Waals surface area contributed by atoms with Gasteiger partial charge in [0.05, 0.1) is 12.8 Å². The topological polar surface area (TPSA) is 84.9 Å². The fourth-order valence-electron chi connectivity index (χ4n) is 3.30. The maximum absolute atomic E-state index is 13.0. The fourth-order valence-corrected chi connectivity index (χ4v) is 3.30. The van der Waals surface area contributed by atoms with Crippen molar-refractivity contribution in [3.8, 4) is 11.5 Å². The molecule has 4 rings (SSSR count). The maximum atomic E-state index is 13.0. The van der Waals surface area contributed by atoms with Gasteiger partial charge in [-0.1, -0.05) is 42.0 Å². The molecule has 7 nitrogen and oxygen atoms in total. The predicted octanol–water partition coefficient (Wildman–Crippen LogP) is 4.25. The van der Waals surface area contributed by atoms with Crippen LogP contribution in [0.4, 0.5) is 10.5 Å². The van der Waals surface area contributed by atoms with Crippen molar-refractivity contribution in [1.29, 1.82) is 0 Å². The van der Waals surface area contributed by atoms with Crippen molar-refractivity contribution in [2.75, 3.05) is 12.0 Å². The number of benzene rings is 3. The maximum Gasteiger partial charge on any atom is 0.335 e. The number of nitrogens with one attached hydrogen (secondary N) is 1. The summed E-state index contributed by atoms with van der Waals surface area (Å²) in [6.45, 7) is 2.42. The van der Waals surface area contributed by atoms with Crippen molar-refractivity contribution in [1.82, 2.24) is 5.32 Å². The lowest BCUT2D eigenvalue weighted by Gasteiger charge is -2.26. The average Bonchev–Trinajstić information content (AvgIpc) is 2.82. The first kappa shape index (κ1) is 21.8. The Kier molecular flexibility index (Phi) is 6.22. The van der Waals surface area contributed by atoms with E-state index in [4.69, 9.17) is 9.47 Å². The van der Waals surface area contributed by atoms with Gasteiger partial charge in [-0.2, -0.15) is 0 Å². The summed E-state index contributed by atoms with van der Waals surface area (Å²) in [5.41, 5.74) is 3.02. The summed E-state index contributed by atoms with van der Waals surface area (Å²) in [4.78, 5) is 38.7. The second-order valence-corrected chi connectivity index (χ2v) is 7.50. The SMILES string of the molecule is COc1ccc(/C=C2/C(=O)NC(=O)N(c3ccc(OCc4ccc(C)cc4)cc3)C2=O)cc1. The van der Waals surface area contributed by atoms with E-state index in [1.807, 2.05) is 31.2 Å². The van der Waals surface area contributed by atoms with Gasteiger partial charge in [0, 0.05) is 0 Å². The van der Waals surface area contributed by atoms with Crippen LogP contribution in [0.1, 0.15) is 16.7 Å². The molecule has 3 aromatic rings. The molecule has 1 fully saturated rings. The second-order valence-electron chi connectivity index (χ2n) is 7.50. The molecule has 1 aliphatic heterocycles. The van der Waals surface area contributed by atoms with Gasteiger partial charge in [-0.25, -0.2) is 9.69 Å². The Hall–Kier alpha value is -4.39. The highest BCUT2D eigenvalue weighted by Crippen LogP contribution is 2.25. The highest BCUT2D eigenvalue weighted by molar-refractivity contribution is 6.39. The number of carbonyl (C=O) groups excluding carboxylic acids is 3. The molecule has 33 heavy (non-hydrogen) atoms. The number of barbiturate groups is 1. The highest BCUT2D eigenvalue weighted by Gasteiger charge is 2.36. The van der Waals surface area contributed by atoms with E-state index in [9.17, 15) is 14.4 Å². The van der Waals surface area contributed by atoms with Gasteiger partial charge < -0.3 is 9.47 Å². The van der Waals surface area contributed by atoms with Crippen LogP contribution in [0.5, 0.6) is 11.5 Å². The molecule has 4 amide bonds. The van der Waals surface area contributed by atoms with Crippen molar-refractivity contribution in [3.05, 3.63) is 95.1 Å². The highest BCUT2D eigenvalue weighted by atomic mass is 16.5. The van der Waals surface area contributed by atoms with Crippen LogP contribution in [0.2, 0.25) is 0 Å². The predicted molar refractivity (Wildman–Crippen MR) is 124 cm³/mol. The first-order valence-electron chi connectivity index (χ1n) is 10.3. The Morgan fingerprint density at radius 1 is 0.848 bits per heavy atom. The van der Waals surface area contributed by atoms with Crippen LogP contribution in [-0.2, 0) is 16.2 Å². The molecule has 1 heterocycles. The van der Waals surface area contributed by atoms with Gasteiger partial charge in [0.1, 0.15) is 23.7 Å². The lowest BCUT2D eigenvalue weighted by atomic mass is 10.1. The summed E-state index contributed by atoms with van der Waals surface area (Å²) < 4.78 is 10.9. The van der Waals surface area contributed by atoms with Crippen LogP contribution in [0.3, 0.4) is 0 Å². The minimum Gasteiger partial charge on any atom is -0.497 e. The molecule has 0 spiro atoms. The summed E-state index contributed by atoms with van der Waals surface area (Å²) >= 11 is 0. The van der Waals surface area contributed by atoms with Crippen LogP contribution in [0, 0.1) is 6.92 Å². The van der Waals surface area contributed by atoms with Gasteiger partial charge in [-0.15, -0.1) is 0 Å². The van der Waals surface area contributed by atoms with Crippen molar-refractivity contribution < 1.29 is 23.9 Å². The zero-order valence-electron chi connectivity index (χ0n) is 18.2. The summed E-state index contributed by atoms with van der Waals surface area (Å²) in [7, 11) is 1.55. The number of imide groups is 2. The van der Waals surface area contributed by atoms with Crippen LogP contribution in [0.15, 0.2) is 78.4 Å². The van der Waals surface area contributed by atoms with Crippen molar-refractivity contribution in [2.45, 2.75) is 13.5 Å². The number of hydrogen-bond acceptors (Lipinski definition) is 5. The Morgan fingerprint density at radius 3 is 2.12 bits per heavy atom. The largest absolute Gasteiger partial charge is 0.497 e. The number of ether oxygens (including phenoxy) is 2. The first-order chi connectivity index (χ1) is 15.9. The average molecular weight is 442 g/mol. The molecule has 1 N–H and O–H groups in total. The molecule has 1 saturated heterocycles. The molecular weight excluding hydrogens is 420 g/mol. The normalized spacial score (nSPS) is 14.9. The van der Waals surface area contributed by atoms with E-state index >= 15 is 0 Å². The Bertz CT molecular complexity index is 1210. The van der Waals surface area contributed by atoms with E-state index in [0.29, 0.717) is 29.4 Å². The first-order valence-corrected chi connectivity index (χ1v) is 10.3. The number of amides is 4. The van der Waals surface area contributed by atoms with E-state index < -0.39 is 17.8 Å². The number of carbonyl (C=O) groups is 3. The number of rotatable bonds is 6. The third-order valence-corrected chi connectivity index (χ3v) is 5.15. The van der Waals surface area contributed by atoms with Crippen LogP contribution in [0.25, 0.3) is 6.08 Å². The minimum atomic E-state index is -0.801. The molecule has 0 radical (unpaired) electrons. The van der Waals surface area contributed by atoms with Gasteiger partial charge in [-0.3, -0.25) is 14.9 Å². The Morgan fingerprint density at radius 2 is 1.48 bits per heavy atom. The molecule has 0 bridgehead atoms. The lowest BCUT2D eigenvalue weighted by Crippen LogP contribution is -2.54. The van der Waals surface area contributed by atoms with Gasteiger partial charge >= 0.3 is 6.03 Å². The summed E-state index contributed by atoms with van der Waals surface area (Å²) in [6, 6.07) is 20.6. The molecule has 7 heteroatoms. The smallest absolute Gasteiger partial charge is 0.335 e. The summed E-state index contributed by atoms with van der Waals surface area (Å²) in [6.07, 6.45) is 1.44. The van der Waals surface area contributed by atoms with E-state index in [1.165, 1.54) is 11.6 Å². The molecule has 0 atom stereocenters. The molecule has 3 aromatic carbocycles. The monoisotopic (exact) mass is 442 g/mol. The minimum absolute atomic E-state index is 0.139. The number of anilines is 1. The van der Waals surface area contributed by atoms with Gasteiger partial charge in [-0.05, 0) is 60.5 Å². The zero-order valence-corrected chi connectivity index (χ0v) is 18.2. The van der Waals surface area contributed by atoms with E-state index in [1.54, 1.807) is 55.6 Å². The third kappa shape index (κ3) is 4.93. The number of methoxy groups -OCH3 is 1. The quantitative estimate of drug-likeness (QED) is 0.456. The lowest BCUT2D eigenvalue weighted by molar-refractivity contribution is -0.122. The standard InChI is InChI=1S/C26H22N2O5/c1-17-3-5-19(6-4-17)16-33-22-13-9-20(10-14-22)28-25(30)23(24(29)27-26(28)31)15-18-7-11-21(32-2)12-8-18/h3-15H,16H2,1-2H3,(H,27,29,31)/b23-15-. The van der Waals surface area contributed by atoms with Crippen molar-refractivity contribution in [3.63, 3.8) is 0 Å². The Balaban J connectivity index is 1.51. The summed E-state index contributed by atoms with van der Waals surface area (Å²) in [5, 5.41) is 2.22. The Labute approximate surface area is 191 Å². The number of nitrogens with zero attached hydrogens (tertiary/aromatic N) is 1. The van der Waals surface area contributed by atoms with Crippen molar-refractivity contribution >= 4 is 29.6 Å². The third-order valence-electron chi connectivity index (χ3n) is 5.15. The van der Waals surface area contributed by atoms with E-state index in [2.05, 4.69) is 5.32 Å². The van der Waals surface area contributed by atoms with Crippen LogP contribution in [-0.4, -0.2) is 25.0 Å². The number of hydrogen-bond donors (Lipinski definition) is 1. The zero-order chi connectivity index (χ0) is 23.4. The van der Waals surface area contributed by atoms with Crippen LogP contribution >= 0.6 is 0 Å². The number of urea groups is 1. The number of aryl methyl sites for hydroxylation is 1. The van der Waals surface area contributed by atoms with E-state index in [-0.39, 0.29) is 5.57 Å². The molecule has 0 unspecified atom stereocenters. The molecule has 0 saturated carbocycles. The molecular formula is C26H22N2O5. The van der Waals surface area contributed by atoms with Gasteiger partial charge in [0.2, 0.25) is 0 Å². The molecule has 166 valence electrons. The summed E-state index contributed by atoms with van der Waals surface area (Å²) in [5.74, 6) is -0.199.